The molecule has 0 aliphatic rings. The summed E-state index contributed by atoms with van der Waals surface area (Å²) in [6.45, 7) is 1.94. The van der Waals surface area contributed by atoms with Crippen LogP contribution in [-0.2, 0) is 0 Å². The third-order valence-electron chi connectivity index (χ3n) is 1.82. The first kappa shape index (κ1) is 7.61. The molecule has 0 aliphatic heterocycles. The predicted octanol–water partition coefficient (Wildman–Crippen LogP) is 1.74. The van der Waals surface area contributed by atoms with Gasteiger partial charge in [0.1, 0.15) is 5.69 Å². The minimum Gasteiger partial charge on any atom is -0.711 e. The molecule has 2 rings (SSSR count). The van der Waals surface area contributed by atoms with Gasteiger partial charge in [-0.25, -0.2) is 4.73 Å². The standard InChI is InChI=1S/C8H7BrN2O/c1-6-5-7-3-2-4-10(12)8(7)11(6)9/h2-5H,1H3. The third kappa shape index (κ3) is 0.914. The van der Waals surface area contributed by atoms with Crippen LogP contribution in [0.15, 0.2) is 24.4 Å². The molecule has 62 valence electrons. The van der Waals surface area contributed by atoms with Crippen molar-refractivity contribution in [3.8, 4) is 0 Å². The fraction of sp³-hybridized carbons (Fsp3) is 0.125. The zero-order valence-corrected chi connectivity index (χ0v) is 8.08. The van der Waals surface area contributed by atoms with E-state index < -0.39 is 0 Å². The molecule has 0 amide bonds. The van der Waals surface area contributed by atoms with E-state index >= 15 is 0 Å². The summed E-state index contributed by atoms with van der Waals surface area (Å²) in [5, 5.41) is 12.2. The van der Waals surface area contributed by atoms with Crippen molar-refractivity contribution in [1.29, 1.82) is 0 Å². The van der Waals surface area contributed by atoms with Crippen LogP contribution in [0.25, 0.3) is 11.0 Å². The number of hydrogen-bond donors (Lipinski definition) is 0. The Bertz CT molecular complexity index is 436. The number of hydrogen-bond acceptors (Lipinski definition) is 1. The van der Waals surface area contributed by atoms with Gasteiger partial charge in [0.05, 0.1) is 11.6 Å². The van der Waals surface area contributed by atoms with E-state index in [1.807, 2.05) is 19.1 Å². The highest BCUT2D eigenvalue weighted by Gasteiger charge is 2.11. The SMILES string of the molecule is Cc1cc2ccc[n+]([O-])c2n1Br. The van der Waals surface area contributed by atoms with Gasteiger partial charge in [0.2, 0.25) is 0 Å². The summed E-state index contributed by atoms with van der Waals surface area (Å²) in [7, 11) is 0. The Labute approximate surface area is 78.2 Å². The molecule has 0 saturated heterocycles. The molecule has 0 radical (unpaired) electrons. The fourth-order valence-corrected chi connectivity index (χ4v) is 1.72. The van der Waals surface area contributed by atoms with E-state index in [1.165, 1.54) is 6.20 Å². The van der Waals surface area contributed by atoms with Crippen molar-refractivity contribution >= 4 is 27.2 Å². The van der Waals surface area contributed by atoms with Crippen LogP contribution < -0.4 is 4.73 Å². The average Bonchev–Trinajstić information content (AvgIpc) is 2.29. The highest BCUT2D eigenvalue weighted by atomic mass is 79.9. The van der Waals surface area contributed by atoms with E-state index in [4.69, 9.17) is 0 Å². The fourth-order valence-electron chi connectivity index (χ4n) is 1.26. The lowest BCUT2D eigenvalue weighted by Gasteiger charge is -2.01. The van der Waals surface area contributed by atoms with Crippen LogP contribution in [0, 0.1) is 12.1 Å². The molecular weight excluding hydrogens is 220 g/mol. The Morgan fingerprint density at radius 3 is 3.00 bits per heavy atom. The minimum atomic E-state index is 0.634. The molecule has 0 bridgehead atoms. The summed E-state index contributed by atoms with van der Waals surface area (Å²) in [5.41, 5.74) is 1.65. The third-order valence-corrected chi connectivity index (χ3v) is 2.72. The first-order valence-electron chi connectivity index (χ1n) is 3.56. The zero-order valence-electron chi connectivity index (χ0n) is 6.49. The Balaban J connectivity index is 2.97. The van der Waals surface area contributed by atoms with Gasteiger partial charge in [-0.2, -0.15) is 3.59 Å². The van der Waals surface area contributed by atoms with Crippen LogP contribution in [0.1, 0.15) is 5.69 Å². The molecule has 0 aliphatic carbocycles. The number of halogens is 1. The molecule has 0 unspecified atom stereocenters. The van der Waals surface area contributed by atoms with Gasteiger partial charge in [-0.1, -0.05) is 0 Å². The molecule has 4 heteroatoms. The van der Waals surface area contributed by atoms with Gasteiger partial charge in [0, 0.05) is 0 Å². The minimum absolute atomic E-state index is 0.634. The second-order valence-corrected chi connectivity index (χ2v) is 3.39. The number of pyridine rings is 1. The summed E-state index contributed by atoms with van der Waals surface area (Å²) in [4.78, 5) is 0. The number of aryl methyl sites for hydroxylation is 1. The summed E-state index contributed by atoms with van der Waals surface area (Å²) < 4.78 is 2.55. The van der Waals surface area contributed by atoms with E-state index in [0.717, 1.165) is 15.8 Å². The molecule has 0 spiro atoms. The second kappa shape index (κ2) is 2.48. The van der Waals surface area contributed by atoms with Crippen LogP contribution in [0.2, 0.25) is 0 Å². The first-order chi connectivity index (χ1) is 5.70. The number of nitrogens with zero attached hydrogens (tertiary/aromatic N) is 2. The molecule has 2 heterocycles. The second-order valence-electron chi connectivity index (χ2n) is 2.68. The molecule has 2 aromatic rings. The van der Waals surface area contributed by atoms with Crippen LogP contribution in [0.3, 0.4) is 0 Å². The van der Waals surface area contributed by atoms with Gasteiger partial charge < -0.3 is 5.21 Å². The Morgan fingerprint density at radius 1 is 1.58 bits per heavy atom. The highest BCUT2D eigenvalue weighted by molar-refractivity contribution is 9.08. The zero-order chi connectivity index (χ0) is 8.72. The first-order valence-corrected chi connectivity index (χ1v) is 4.27. The predicted molar refractivity (Wildman–Crippen MR) is 50.0 cm³/mol. The van der Waals surface area contributed by atoms with Crippen LogP contribution >= 0.6 is 16.1 Å². The number of aromatic nitrogens is 2. The van der Waals surface area contributed by atoms with Gasteiger partial charge >= 0.3 is 5.65 Å². The largest absolute Gasteiger partial charge is 0.711 e. The van der Waals surface area contributed by atoms with E-state index in [9.17, 15) is 5.21 Å². The van der Waals surface area contributed by atoms with E-state index in [0.29, 0.717) is 5.65 Å². The van der Waals surface area contributed by atoms with Gasteiger partial charge in [0.15, 0.2) is 16.1 Å². The van der Waals surface area contributed by atoms with Crippen molar-refractivity contribution < 1.29 is 4.73 Å². The molecule has 0 N–H and O–H groups in total. The van der Waals surface area contributed by atoms with Crippen LogP contribution in [0.4, 0.5) is 0 Å². The number of rotatable bonds is 0. The lowest BCUT2D eigenvalue weighted by Crippen LogP contribution is -2.27. The van der Waals surface area contributed by atoms with Gasteiger partial charge in [-0.05, 0) is 25.1 Å². The van der Waals surface area contributed by atoms with E-state index in [-0.39, 0.29) is 0 Å². The molecule has 0 fully saturated rings. The monoisotopic (exact) mass is 226 g/mol. The average molecular weight is 227 g/mol. The van der Waals surface area contributed by atoms with E-state index in [1.54, 1.807) is 9.66 Å². The molecule has 3 nitrogen and oxygen atoms in total. The van der Waals surface area contributed by atoms with Gasteiger partial charge in [-0.15, -0.1) is 0 Å². The summed E-state index contributed by atoms with van der Waals surface area (Å²) >= 11 is 3.30. The maximum atomic E-state index is 11.3. The summed E-state index contributed by atoms with van der Waals surface area (Å²) in [6, 6.07) is 5.61. The van der Waals surface area contributed by atoms with Crippen molar-refractivity contribution in [2.45, 2.75) is 6.92 Å². The summed E-state index contributed by atoms with van der Waals surface area (Å²) in [6.07, 6.45) is 1.49. The lowest BCUT2D eigenvalue weighted by molar-refractivity contribution is -0.579. The topological polar surface area (TPSA) is 31.9 Å². The maximum Gasteiger partial charge on any atom is 0.302 e. The molecule has 0 saturated carbocycles. The van der Waals surface area contributed by atoms with Gasteiger partial charge in [-0.3, -0.25) is 0 Å². The molecule has 12 heavy (non-hydrogen) atoms. The highest BCUT2D eigenvalue weighted by Crippen LogP contribution is 2.17. The van der Waals surface area contributed by atoms with E-state index in [2.05, 4.69) is 16.1 Å². The lowest BCUT2D eigenvalue weighted by atomic mass is 10.3. The van der Waals surface area contributed by atoms with Crippen LogP contribution in [-0.4, -0.2) is 3.59 Å². The normalized spacial score (nSPS) is 10.8. The number of fused-ring (bicyclic) bond motifs is 1. The smallest absolute Gasteiger partial charge is 0.302 e. The quantitative estimate of drug-likeness (QED) is 0.498. The van der Waals surface area contributed by atoms with Crippen molar-refractivity contribution in [3.63, 3.8) is 0 Å². The molecule has 0 atom stereocenters. The molecule has 2 aromatic heterocycles. The Kier molecular flexibility index (Phi) is 1.58. The van der Waals surface area contributed by atoms with Crippen molar-refractivity contribution in [3.05, 3.63) is 35.3 Å². The van der Waals surface area contributed by atoms with Crippen LogP contribution in [0.5, 0.6) is 0 Å². The van der Waals surface area contributed by atoms with Crippen molar-refractivity contribution in [2.24, 2.45) is 0 Å². The van der Waals surface area contributed by atoms with Gasteiger partial charge in [0.25, 0.3) is 0 Å². The Morgan fingerprint density at radius 2 is 2.33 bits per heavy atom. The Hall–Kier alpha value is -1.03. The maximum absolute atomic E-state index is 11.3. The molecular formula is C8H7BrN2O. The summed E-state index contributed by atoms with van der Waals surface area (Å²) in [5.74, 6) is 0. The molecule has 0 aromatic carbocycles. The van der Waals surface area contributed by atoms with Crippen molar-refractivity contribution in [2.75, 3.05) is 0 Å². The van der Waals surface area contributed by atoms with Crippen molar-refractivity contribution in [1.82, 2.24) is 3.59 Å².